The molecular weight excluding hydrogens is 160 g/mol. The number of aryl methyl sites for hydroxylation is 2. The van der Waals surface area contributed by atoms with Crippen LogP contribution < -0.4 is 11.1 Å². The van der Waals surface area contributed by atoms with Crippen molar-refractivity contribution in [3.63, 3.8) is 0 Å². The molecule has 2 nitrogen and oxygen atoms in total. The molecule has 1 saturated carbocycles. The van der Waals surface area contributed by atoms with E-state index < -0.39 is 0 Å². The summed E-state index contributed by atoms with van der Waals surface area (Å²) in [5.74, 6) is 0. The molecule has 3 N–H and O–H groups in total. The predicted molar refractivity (Wildman–Crippen MR) is 57.0 cm³/mol. The highest BCUT2D eigenvalue weighted by Crippen LogP contribution is 2.31. The number of benzene rings is 1. The van der Waals surface area contributed by atoms with Crippen LogP contribution in [0.3, 0.4) is 0 Å². The van der Waals surface area contributed by atoms with Gasteiger partial charge in [-0.2, -0.15) is 0 Å². The molecule has 1 aliphatic rings. The number of rotatable bonds is 2. The fraction of sp³-hybridized carbons (Fsp3) is 0.455. The van der Waals surface area contributed by atoms with Gasteiger partial charge in [-0.1, -0.05) is 6.07 Å². The van der Waals surface area contributed by atoms with Crippen molar-refractivity contribution in [2.75, 3.05) is 11.1 Å². The van der Waals surface area contributed by atoms with Crippen molar-refractivity contribution in [1.29, 1.82) is 0 Å². The van der Waals surface area contributed by atoms with Crippen molar-refractivity contribution < 1.29 is 0 Å². The summed E-state index contributed by atoms with van der Waals surface area (Å²) in [6, 6.07) is 4.86. The zero-order chi connectivity index (χ0) is 9.42. The van der Waals surface area contributed by atoms with Crippen molar-refractivity contribution in [3.05, 3.63) is 23.3 Å². The van der Waals surface area contributed by atoms with Gasteiger partial charge < -0.3 is 11.1 Å². The Kier molecular flexibility index (Phi) is 1.91. The van der Waals surface area contributed by atoms with E-state index in [9.17, 15) is 0 Å². The minimum Gasteiger partial charge on any atom is -0.397 e. The Bertz CT molecular complexity index is 304. The SMILES string of the molecule is Cc1cc(C)c(NC2CC2)c(N)c1. The van der Waals surface area contributed by atoms with Crippen LogP contribution in [0.1, 0.15) is 24.0 Å². The summed E-state index contributed by atoms with van der Waals surface area (Å²) in [5, 5.41) is 3.45. The van der Waals surface area contributed by atoms with Gasteiger partial charge in [0.1, 0.15) is 0 Å². The maximum Gasteiger partial charge on any atom is 0.0605 e. The van der Waals surface area contributed by atoms with Gasteiger partial charge in [-0.3, -0.25) is 0 Å². The largest absolute Gasteiger partial charge is 0.397 e. The number of hydrogen-bond donors (Lipinski definition) is 2. The molecule has 0 amide bonds. The summed E-state index contributed by atoms with van der Waals surface area (Å²) < 4.78 is 0. The van der Waals surface area contributed by atoms with Crippen LogP contribution in [-0.4, -0.2) is 6.04 Å². The minimum atomic E-state index is 0.670. The topological polar surface area (TPSA) is 38.0 Å². The highest BCUT2D eigenvalue weighted by molar-refractivity contribution is 5.71. The van der Waals surface area contributed by atoms with E-state index >= 15 is 0 Å². The first-order valence-corrected chi connectivity index (χ1v) is 4.80. The van der Waals surface area contributed by atoms with E-state index in [-0.39, 0.29) is 0 Å². The number of anilines is 2. The van der Waals surface area contributed by atoms with Gasteiger partial charge >= 0.3 is 0 Å². The molecule has 0 atom stereocenters. The van der Waals surface area contributed by atoms with E-state index in [2.05, 4.69) is 25.2 Å². The molecule has 0 spiro atoms. The molecule has 13 heavy (non-hydrogen) atoms. The first-order valence-electron chi connectivity index (χ1n) is 4.80. The number of hydrogen-bond acceptors (Lipinski definition) is 2. The standard InChI is InChI=1S/C11H16N2/c1-7-5-8(2)11(10(12)6-7)13-9-3-4-9/h5-6,9,13H,3-4,12H2,1-2H3. The predicted octanol–water partition coefficient (Wildman–Crippen LogP) is 2.46. The average molecular weight is 176 g/mol. The zero-order valence-electron chi connectivity index (χ0n) is 8.22. The second-order valence-corrected chi connectivity index (χ2v) is 3.96. The van der Waals surface area contributed by atoms with Crippen LogP contribution in [0.25, 0.3) is 0 Å². The fourth-order valence-electron chi connectivity index (χ4n) is 1.63. The van der Waals surface area contributed by atoms with Crippen molar-refractivity contribution in [3.8, 4) is 0 Å². The summed E-state index contributed by atoms with van der Waals surface area (Å²) in [6.07, 6.45) is 2.57. The second kappa shape index (κ2) is 2.95. The molecule has 1 aromatic rings. The average Bonchev–Trinajstić information content (AvgIpc) is 2.79. The van der Waals surface area contributed by atoms with E-state index in [0.717, 1.165) is 11.4 Å². The summed E-state index contributed by atoms with van der Waals surface area (Å²) in [6.45, 7) is 4.18. The molecule has 70 valence electrons. The zero-order valence-corrected chi connectivity index (χ0v) is 8.22. The lowest BCUT2D eigenvalue weighted by atomic mass is 10.1. The Balaban J connectivity index is 2.31. The lowest BCUT2D eigenvalue weighted by Crippen LogP contribution is -2.06. The van der Waals surface area contributed by atoms with Crippen molar-refractivity contribution >= 4 is 11.4 Å². The van der Waals surface area contributed by atoms with E-state index in [4.69, 9.17) is 5.73 Å². The van der Waals surface area contributed by atoms with Crippen molar-refractivity contribution in [1.82, 2.24) is 0 Å². The molecule has 0 aliphatic heterocycles. The lowest BCUT2D eigenvalue weighted by Gasteiger charge is -2.12. The third-order valence-electron chi connectivity index (χ3n) is 2.44. The van der Waals surface area contributed by atoms with Gasteiger partial charge in [0.2, 0.25) is 0 Å². The summed E-state index contributed by atoms with van der Waals surface area (Å²) >= 11 is 0. The Morgan fingerprint density at radius 3 is 2.54 bits per heavy atom. The molecule has 0 heterocycles. The Hall–Kier alpha value is -1.18. The number of nitrogens with two attached hydrogens (primary N) is 1. The third kappa shape index (κ3) is 1.77. The number of nitrogen functional groups attached to an aromatic ring is 1. The molecule has 0 radical (unpaired) electrons. The molecule has 2 heteroatoms. The van der Waals surface area contributed by atoms with E-state index in [1.165, 1.54) is 24.0 Å². The van der Waals surface area contributed by atoms with Gasteiger partial charge in [0, 0.05) is 6.04 Å². The molecule has 0 aromatic heterocycles. The first kappa shape index (κ1) is 8.42. The third-order valence-corrected chi connectivity index (χ3v) is 2.44. The Morgan fingerprint density at radius 1 is 1.31 bits per heavy atom. The van der Waals surface area contributed by atoms with Gasteiger partial charge in [-0.15, -0.1) is 0 Å². The van der Waals surface area contributed by atoms with Crippen LogP contribution in [0.2, 0.25) is 0 Å². The van der Waals surface area contributed by atoms with E-state index in [1.807, 2.05) is 6.07 Å². The molecule has 0 saturated heterocycles. The monoisotopic (exact) mass is 176 g/mol. The van der Waals surface area contributed by atoms with Crippen LogP contribution >= 0.6 is 0 Å². The smallest absolute Gasteiger partial charge is 0.0605 e. The normalized spacial score (nSPS) is 15.8. The molecule has 0 unspecified atom stereocenters. The Labute approximate surface area is 79.1 Å². The summed E-state index contributed by atoms with van der Waals surface area (Å²) in [4.78, 5) is 0. The number of nitrogens with one attached hydrogen (secondary N) is 1. The lowest BCUT2D eigenvalue weighted by molar-refractivity contribution is 1.14. The Morgan fingerprint density at radius 2 is 2.00 bits per heavy atom. The maximum absolute atomic E-state index is 5.94. The van der Waals surface area contributed by atoms with Crippen LogP contribution in [0.4, 0.5) is 11.4 Å². The molecular formula is C11H16N2. The summed E-state index contributed by atoms with van der Waals surface area (Å²) in [7, 11) is 0. The molecule has 0 bridgehead atoms. The van der Waals surface area contributed by atoms with Gasteiger partial charge in [0.05, 0.1) is 11.4 Å². The van der Waals surface area contributed by atoms with Gasteiger partial charge in [0.15, 0.2) is 0 Å². The van der Waals surface area contributed by atoms with Gasteiger partial charge in [0.25, 0.3) is 0 Å². The van der Waals surface area contributed by atoms with Crippen LogP contribution in [-0.2, 0) is 0 Å². The van der Waals surface area contributed by atoms with E-state index in [0.29, 0.717) is 6.04 Å². The molecule has 1 fully saturated rings. The molecule has 2 rings (SSSR count). The minimum absolute atomic E-state index is 0.670. The highest BCUT2D eigenvalue weighted by Gasteiger charge is 2.22. The quantitative estimate of drug-likeness (QED) is 0.679. The van der Waals surface area contributed by atoms with Crippen LogP contribution in [0.15, 0.2) is 12.1 Å². The summed E-state index contributed by atoms with van der Waals surface area (Å²) in [5.41, 5.74) is 10.4. The fourth-order valence-corrected chi connectivity index (χ4v) is 1.63. The maximum atomic E-state index is 5.94. The highest BCUT2D eigenvalue weighted by atomic mass is 15.0. The van der Waals surface area contributed by atoms with Crippen LogP contribution in [0.5, 0.6) is 0 Å². The van der Waals surface area contributed by atoms with Crippen molar-refractivity contribution in [2.45, 2.75) is 32.7 Å². The molecule has 1 aliphatic carbocycles. The van der Waals surface area contributed by atoms with Gasteiger partial charge in [-0.05, 0) is 43.9 Å². The second-order valence-electron chi connectivity index (χ2n) is 3.96. The van der Waals surface area contributed by atoms with Crippen molar-refractivity contribution in [2.24, 2.45) is 0 Å². The molecule has 1 aromatic carbocycles. The van der Waals surface area contributed by atoms with Gasteiger partial charge in [-0.25, -0.2) is 0 Å². The first-order chi connectivity index (χ1) is 6.16. The van der Waals surface area contributed by atoms with Crippen LogP contribution in [0, 0.1) is 13.8 Å². The van der Waals surface area contributed by atoms with E-state index in [1.54, 1.807) is 0 Å².